The third-order valence-corrected chi connectivity index (χ3v) is 2.26. The minimum absolute atomic E-state index is 0.731. The van der Waals surface area contributed by atoms with Gasteiger partial charge in [-0.3, -0.25) is 0 Å². The molecule has 0 radical (unpaired) electrons. The van der Waals surface area contributed by atoms with Crippen molar-refractivity contribution in [1.29, 1.82) is 0 Å². The Kier molecular flexibility index (Phi) is 3.80. The van der Waals surface area contributed by atoms with Crippen molar-refractivity contribution in [1.82, 2.24) is 9.97 Å². The van der Waals surface area contributed by atoms with E-state index in [1.807, 2.05) is 12.4 Å². The number of aliphatic hydroxyl groups is 1. The van der Waals surface area contributed by atoms with E-state index >= 15 is 0 Å². The van der Waals surface area contributed by atoms with Gasteiger partial charge in [0.05, 0.1) is 0 Å². The van der Waals surface area contributed by atoms with Crippen LogP contribution in [0.3, 0.4) is 0 Å². The number of hydrogen-bond acceptors (Lipinski definition) is 2. The predicted molar refractivity (Wildman–Crippen MR) is 47.9 cm³/mol. The molecule has 12 heavy (non-hydrogen) atoms. The average Bonchev–Trinajstić information content (AvgIpc) is 2.80. The van der Waals surface area contributed by atoms with Gasteiger partial charge in [-0.1, -0.05) is 12.8 Å². The summed E-state index contributed by atoms with van der Waals surface area (Å²) in [7, 11) is 1.00. The van der Waals surface area contributed by atoms with Gasteiger partial charge < -0.3 is 10.1 Å². The molecule has 1 aliphatic rings. The quantitative estimate of drug-likeness (QED) is 0.670. The normalized spacial score (nSPS) is 17.2. The average molecular weight is 168 g/mol. The third-order valence-electron chi connectivity index (χ3n) is 2.26. The van der Waals surface area contributed by atoms with Crippen LogP contribution < -0.4 is 0 Å². The Balaban J connectivity index is 0.000000336. The molecular weight excluding hydrogens is 152 g/mol. The molecule has 1 aromatic heterocycles. The van der Waals surface area contributed by atoms with Gasteiger partial charge in [0.1, 0.15) is 5.82 Å². The Morgan fingerprint density at radius 3 is 2.58 bits per heavy atom. The molecule has 0 amide bonds. The van der Waals surface area contributed by atoms with Crippen LogP contribution in [0, 0.1) is 0 Å². The molecule has 3 heteroatoms. The Hall–Kier alpha value is -0.830. The van der Waals surface area contributed by atoms with Crippen molar-refractivity contribution in [2.75, 3.05) is 7.11 Å². The van der Waals surface area contributed by atoms with E-state index in [4.69, 9.17) is 5.11 Å². The van der Waals surface area contributed by atoms with E-state index in [-0.39, 0.29) is 0 Å². The molecule has 68 valence electrons. The number of imidazole rings is 1. The third kappa shape index (κ3) is 2.08. The zero-order valence-electron chi connectivity index (χ0n) is 7.45. The van der Waals surface area contributed by atoms with Gasteiger partial charge in [-0.05, 0) is 12.8 Å². The molecule has 2 N–H and O–H groups in total. The second-order valence-electron chi connectivity index (χ2n) is 2.96. The number of H-pyrrole nitrogens is 1. The van der Waals surface area contributed by atoms with Crippen molar-refractivity contribution in [3.63, 3.8) is 0 Å². The Morgan fingerprint density at radius 1 is 1.42 bits per heavy atom. The molecule has 3 nitrogen and oxygen atoms in total. The van der Waals surface area contributed by atoms with Gasteiger partial charge in [0.2, 0.25) is 0 Å². The first-order chi connectivity index (χ1) is 5.97. The van der Waals surface area contributed by atoms with E-state index in [9.17, 15) is 0 Å². The van der Waals surface area contributed by atoms with Gasteiger partial charge >= 0.3 is 0 Å². The smallest absolute Gasteiger partial charge is 0.109 e. The van der Waals surface area contributed by atoms with E-state index < -0.39 is 0 Å². The number of aliphatic hydroxyl groups excluding tert-OH is 1. The highest BCUT2D eigenvalue weighted by atomic mass is 16.2. The molecule has 1 aromatic rings. The first kappa shape index (κ1) is 9.26. The van der Waals surface area contributed by atoms with E-state index in [1.165, 1.54) is 31.5 Å². The van der Waals surface area contributed by atoms with Crippen LogP contribution >= 0.6 is 0 Å². The monoisotopic (exact) mass is 168 g/mol. The van der Waals surface area contributed by atoms with Gasteiger partial charge in [0.15, 0.2) is 0 Å². The minimum atomic E-state index is 0.731. The van der Waals surface area contributed by atoms with E-state index in [0.717, 1.165) is 13.0 Å². The fourth-order valence-electron chi connectivity index (χ4n) is 1.70. The lowest BCUT2D eigenvalue weighted by molar-refractivity contribution is 0.399. The number of nitrogens with one attached hydrogen (secondary N) is 1. The number of aromatic amines is 1. The number of nitrogens with zero attached hydrogens (tertiary/aromatic N) is 1. The standard InChI is InChI=1S/C8H12N2.CH4O/c1-2-4-7(3-1)8-9-5-6-10-8;1-2/h5-7H,1-4H2,(H,9,10);2H,1H3. The first-order valence-electron chi connectivity index (χ1n) is 4.41. The lowest BCUT2D eigenvalue weighted by atomic mass is 10.1. The maximum atomic E-state index is 7.00. The lowest BCUT2D eigenvalue weighted by Gasteiger charge is -2.02. The van der Waals surface area contributed by atoms with Gasteiger partial charge in [0.25, 0.3) is 0 Å². The summed E-state index contributed by atoms with van der Waals surface area (Å²) in [4.78, 5) is 7.41. The van der Waals surface area contributed by atoms with Crippen LogP contribution in [0.4, 0.5) is 0 Å². The van der Waals surface area contributed by atoms with Gasteiger partial charge in [-0.2, -0.15) is 0 Å². The first-order valence-corrected chi connectivity index (χ1v) is 4.41. The van der Waals surface area contributed by atoms with Crippen LogP contribution in [0.5, 0.6) is 0 Å². The molecule has 0 spiro atoms. The SMILES string of the molecule is CO.c1c[nH]c(C2CCCC2)n1. The summed E-state index contributed by atoms with van der Waals surface area (Å²) in [6, 6.07) is 0. The topological polar surface area (TPSA) is 48.9 Å². The molecule has 0 unspecified atom stereocenters. The number of hydrogen-bond donors (Lipinski definition) is 2. The molecule has 1 heterocycles. The van der Waals surface area contributed by atoms with E-state index in [0.29, 0.717) is 0 Å². The van der Waals surface area contributed by atoms with Crippen molar-refractivity contribution in [2.45, 2.75) is 31.6 Å². The molecule has 0 atom stereocenters. The molecule has 1 saturated carbocycles. The number of rotatable bonds is 1. The summed E-state index contributed by atoms with van der Waals surface area (Å²) in [5, 5.41) is 7.00. The molecule has 0 aliphatic heterocycles. The van der Waals surface area contributed by atoms with E-state index in [2.05, 4.69) is 9.97 Å². The van der Waals surface area contributed by atoms with Crippen molar-refractivity contribution in [2.24, 2.45) is 0 Å². The summed E-state index contributed by atoms with van der Waals surface area (Å²) in [5.74, 6) is 1.92. The predicted octanol–water partition coefficient (Wildman–Crippen LogP) is 1.68. The molecular formula is C9H16N2O. The Bertz CT molecular complexity index is 190. The fraction of sp³-hybridized carbons (Fsp3) is 0.667. The fourth-order valence-corrected chi connectivity index (χ4v) is 1.70. The second-order valence-corrected chi connectivity index (χ2v) is 2.96. The highest BCUT2D eigenvalue weighted by Crippen LogP contribution is 2.31. The summed E-state index contributed by atoms with van der Waals surface area (Å²) in [6.07, 6.45) is 9.17. The van der Waals surface area contributed by atoms with E-state index in [1.54, 1.807) is 0 Å². The minimum Gasteiger partial charge on any atom is -0.400 e. The largest absolute Gasteiger partial charge is 0.400 e. The maximum absolute atomic E-state index is 7.00. The van der Waals surface area contributed by atoms with Crippen molar-refractivity contribution < 1.29 is 5.11 Å². The maximum Gasteiger partial charge on any atom is 0.109 e. The molecule has 0 bridgehead atoms. The lowest BCUT2D eigenvalue weighted by Crippen LogP contribution is -1.93. The Morgan fingerprint density at radius 2 is 2.08 bits per heavy atom. The second kappa shape index (κ2) is 4.93. The van der Waals surface area contributed by atoms with Crippen molar-refractivity contribution in [3.8, 4) is 0 Å². The number of aromatic nitrogens is 2. The van der Waals surface area contributed by atoms with Crippen molar-refractivity contribution >= 4 is 0 Å². The molecule has 0 saturated heterocycles. The van der Waals surface area contributed by atoms with Crippen LogP contribution in [-0.2, 0) is 0 Å². The summed E-state index contributed by atoms with van der Waals surface area (Å²) >= 11 is 0. The van der Waals surface area contributed by atoms with Crippen LogP contribution in [0.15, 0.2) is 12.4 Å². The highest BCUT2D eigenvalue weighted by Gasteiger charge is 2.18. The zero-order valence-corrected chi connectivity index (χ0v) is 7.45. The summed E-state index contributed by atoms with van der Waals surface area (Å²) in [5.41, 5.74) is 0. The molecule has 1 aliphatic carbocycles. The summed E-state index contributed by atoms with van der Waals surface area (Å²) in [6.45, 7) is 0. The van der Waals surface area contributed by atoms with Crippen LogP contribution in [0.1, 0.15) is 37.4 Å². The van der Waals surface area contributed by atoms with Crippen molar-refractivity contribution in [3.05, 3.63) is 18.2 Å². The molecule has 1 fully saturated rings. The van der Waals surface area contributed by atoms with Crippen LogP contribution in [0.2, 0.25) is 0 Å². The van der Waals surface area contributed by atoms with Gasteiger partial charge in [0, 0.05) is 25.4 Å². The molecule has 0 aromatic carbocycles. The molecule has 2 rings (SSSR count). The zero-order chi connectivity index (χ0) is 8.81. The highest BCUT2D eigenvalue weighted by molar-refractivity contribution is 4.98. The van der Waals surface area contributed by atoms with Gasteiger partial charge in [-0.15, -0.1) is 0 Å². The Labute approximate surface area is 72.8 Å². The summed E-state index contributed by atoms with van der Waals surface area (Å²) < 4.78 is 0. The van der Waals surface area contributed by atoms with Crippen LogP contribution in [-0.4, -0.2) is 22.2 Å². The van der Waals surface area contributed by atoms with Crippen LogP contribution in [0.25, 0.3) is 0 Å². The van der Waals surface area contributed by atoms with Gasteiger partial charge in [-0.25, -0.2) is 4.98 Å².